The molecule has 0 saturated carbocycles. The van der Waals surface area contributed by atoms with E-state index in [1.54, 1.807) is 6.07 Å². The summed E-state index contributed by atoms with van der Waals surface area (Å²) in [5, 5.41) is 0. The van der Waals surface area contributed by atoms with Gasteiger partial charge in [0.15, 0.2) is 0 Å². The second-order valence-electron chi connectivity index (χ2n) is 7.35. The van der Waals surface area contributed by atoms with Crippen LogP contribution in [0.25, 0.3) is 0 Å². The number of rotatable bonds is 4. The van der Waals surface area contributed by atoms with E-state index in [2.05, 4.69) is 44.8 Å². The number of hydrogen-bond acceptors (Lipinski definition) is 2. The van der Waals surface area contributed by atoms with Crippen molar-refractivity contribution in [2.75, 3.05) is 19.8 Å². The summed E-state index contributed by atoms with van der Waals surface area (Å²) in [6, 6.07) is 7.10. The van der Waals surface area contributed by atoms with Crippen LogP contribution in [0.4, 0.5) is 4.39 Å². The molecule has 0 amide bonds. The average Bonchev–Trinajstić information content (AvgIpc) is 2.80. The number of halogens is 1. The van der Waals surface area contributed by atoms with Crippen molar-refractivity contribution in [3.8, 4) is 0 Å². The van der Waals surface area contributed by atoms with Crippen molar-refractivity contribution in [3.05, 3.63) is 35.6 Å². The summed E-state index contributed by atoms with van der Waals surface area (Å²) in [7, 11) is -0.664. The first-order chi connectivity index (χ1) is 9.77. The highest BCUT2D eigenvalue weighted by molar-refractivity contribution is 6.48. The molecule has 0 bridgehead atoms. The minimum Gasteiger partial charge on any atom is -0.404 e. The van der Waals surface area contributed by atoms with Crippen LogP contribution in [0.1, 0.15) is 32.3 Å². The smallest absolute Gasteiger partial charge is 0.206 e. The number of benzene rings is 1. The van der Waals surface area contributed by atoms with Crippen molar-refractivity contribution < 1.29 is 8.82 Å². The van der Waals surface area contributed by atoms with Crippen molar-refractivity contribution in [1.82, 2.24) is 4.90 Å². The summed E-state index contributed by atoms with van der Waals surface area (Å²) in [6.45, 7) is 13.9. The molecule has 0 N–H and O–H groups in total. The van der Waals surface area contributed by atoms with Gasteiger partial charge in [0.25, 0.3) is 0 Å². The summed E-state index contributed by atoms with van der Waals surface area (Å²) in [5.74, 6) is 0.767. The van der Waals surface area contributed by atoms with Crippen LogP contribution in [0.15, 0.2) is 24.3 Å². The molecule has 0 aliphatic carbocycles. The van der Waals surface area contributed by atoms with E-state index in [1.165, 1.54) is 6.07 Å². The Morgan fingerprint density at radius 2 is 2.00 bits per heavy atom. The first-order valence-corrected chi connectivity index (χ1v) is 10.1. The van der Waals surface area contributed by atoms with Gasteiger partial charge in [-0.05, 0) is 42.1 Å². The molecule has 1 fully saturated rings. The summed E-state index contributed by atoms with van der Waals surface area (Å²) >= 11 is 0. The Labute approximate surface area is 130 Å². The molecular formula is C17H27FNOSi. The molecule has 4 heteroatoms. The van der Waals surface area contributed by atoms with Crippen molar-refractivity contribution in [2.24, 2.45) is 11.3 Å². The molecule has 0 spiro atoms. The molecule has 1 radical (unpaired) electrons. The van der Waals surface area contributed by atoms with E-state index < -0.39 is 9.04 Å². The van der Waals surface area contributed by atoms with Crippen LogP contribution in [0.3, 0.4) is 0 Å². The molecule has 2 atom stereocenters. The summed E-state index contributed by atoms with van der Waals surface area (Å²) < 4.78 is 19.4. The zero-order valence-corrected chi connectivity index (χ0v) is 14.8. The SMILES string of the molecule is C[Si](C)OCN1C[C@H](c2cccc(F)c2)[C@H](C(C)(C)C)C1. The number of nitrogens with zero attached hydrogens (tertiary/aromatic N) is 1. The third-order valence-electron chi connectivity index (χ3n) is 4.32. The van der Waals surface area contributed by atoms with Gasteiger partial charge in [0, 0.05) is 19.0 Å². The lowest BCUT2D eigenvalue weighted by atomic mass is 9.73. The topological polar surface area (TPSA) is 12.5 Å². The van der Waals surface area contributed by atoms with Gasteiger partial charge >= 0.3 is 0 Å². The Hall–Kier alpha value is -0.713. The van der Waals surface area contributed by atoms with E-state index in [4.69, 9.17) is 4.43 Å². The normalized spacial score (nSPS) is 24.0. The second-order valence-corrected chi connectivity index (χ2v) is 9.46. The molecule has 1 aromatic carbocycles. The zero-order chi connectivity index (χ0) is 15.6. The van der Waals surface area contributed by atoms with Crippen molar-refractivity contribution in [2.45, 2.75) is 39.8 Å². The largest absolute Gasteiger partial charge is 0.404 e. The molecule has 2 rings (SSSR count). The molecule has 21 heavy (non-hydrogen) atoms. The second kappa shape index (κ2) is 6.59. The highest BCUT2D eigenvalue weighted by atomic mass is 28.3. The highest BCUT2D eigenvalue weighted by Crippen LogP contribution is 2.43. The van der Waals surface area contributed by atoms with Crippen LogP contribution in [0, 0.1) is 17.2 Å². The van der Waals surface area contributed by atoms with Gasteiger partial charge in [-0.15, -0.1) is 0 Å². The van der Waals surface area contributed by atoms with E-state index >= 15 is 0 Å². The van der Waals surface area contributed by atoms with Crippen LogP contribution >= 0.6 is 0 Å². The lowest BCUT2D eigenvalue weighted by molar-refractivity contribution is 0.136. The molecule has 117 valence electrons. The van der Waals surface area contributed by atoms with Crippen LogP contribution < -0.4 is 0 Å². The maximum absolute atomic E-state index is 13.6. The first kappa shape index (κ1) is 16.7. The fourth-order valence-electron chi connectivity index (χ4n) is 3.16. The predicted octanol–water partition coefficient (Wildman–Crippen LogP) is 4.11. The summed E-state index contributed by atoms with van der Waals surface area (Å²) in [5.41, 5.74) is 1.33. The molecule has 1 heterocycles. The van der Waals surface area contributed by atoms with Crippen molar-refractivity contribution in [1.29, 1.82) is 0 Å². The van der Waals surface area contributed by atoms with Gasteiger partial charge < -0.3 is 4.43 Å². The van der Waals surface area contributed by atoms with Crippen molar-refractivity contribution in [3.63, 3.8) is 0 Å². The highest BCUT2D eigenvalue weighted by Gasteiger charge is 2.40. The first-order valence-electron chi connectivity index (χ1n) is 7.68. The average molecular weight is 308 g/mol. The third kappa shape index (κ3) is 4.38. The zero-order valence-electron chi connectivity index (χ0n) is 13.8. The molecule has 2 nitrogen and oxygen atoms in total. The fraction of sp³-hybridized carbons (Fsp3) is 0.647. The van der Waals surface area contributed by atoms with Gasteiger partial charge in [-0.1, -0.05) is 32.9 Å². The molecule has 1 aliphatic heterocycles. The van der Waals surface area contributed by atoms with Crippen LogP contribution in [0.5, 0.6) is 0 Å². The van der Waals surface area contributed by atoms with Gasteiger partial charge in [-0.2, -0.15) is 0 Å². The number of likely N-dealkylation sites (tertiary alicyclic amines) is 1. The summed E-state index contributed by atoms with van der Waals surface area (Å²) in [4.78, 5) is 2.38. The maximum atomic E-state index is 13.6. The van der Waals surface area contributed by atoms with E-state index in [0.29, 0.717) is 18.6 Å². The van der Waals surface area contributed by atoms with E-state index in [0.717, 1.165) is 18.7 Å². The molecule has 1 aliphatic rings. The van der Waals surface area contributed by atoms with Gasteiger partial charge in [0.05, 0.1) is 6.73 Å². The van der Waals surface area contributed by atoms with Gasteiger partial charge in [0.2, 0.25) is 9.04 Å². The standard InChI is InChI=1S/C17H27FNOSi/c1-17(2,3)16-11-19(12-20-21(4)5)10-15(16)13-7-6-8-14(18)9-13/h6-9,15-16H,10-12H2,1-5H3/t15-,16-/m1/s1. The minimum atomic E-state index is -0.664. The van der Waals surface area contributed by atoms with Gasteiger partial charge in [0.1, 0.15) is 5.82 Å². The lowest BCUT2D eigenvalue weighted by Crippen LogP contribution is -2.29. The molecule has 1 aromatic rings. The van der Waals surface area contributed by atoms with Crippen molar-refractivity contribution >= 4 is 9.04 Å². The van der Waals surface area contributed by atoms with Crippen LogP contribution in [-0.2, 0) is 4.43 Å². The molecule has 0 unspecified atom stereocenters. The Morgan fingerprint density at radius 3 is 2.57 bits per heavy atom. The third-order valence-corrected chi connectivity index (χ3v) is 5.03. The van der Waals surface area contributed by atoms with Crippen LogP contribution in [-0.4, -0.2) is 33.8 Å². The van der Waals surface area contributed by atoms with E-state index in [-0.39, 0.29) is 11.2 Å². The number of hydrogen-bond donors (Lipinski definition) is 0. The van der Waals surface area contributed by atoms with E-state index in [9.17, 15) is 4.39 Å². The minimum absolute atomic E-state index is 0.137. The summed E-state index contributed by atoms with van der Waals surface area (Å²) in [6.07, 6.45) is 0. The lowest BCUT2D eigenvalue weighted by Gasteiger charge is -2.32. The van der Waals surface area contributed by atoms with Crippen LogP contribution in [0.2, 0.25) is 13.1 Å². The fourth-order valence-corrected chi connectivity index (χ4v) is 3.60. The molecule has 0 aromatic heterocycles. The predicted molar refractivity (Wildman–Crippen MR) is 87.1 cm³/mol. The Morgan fingerprint density at radius 1 is 1.29 bits per heavy atom. The van der Waals surface area contributed by atoms with E-state index in [1.807, 2.05) is 6.07 Å². The quantitative estimate of drug-likeness (QED) is 0.776. The Balaban J connectivity index is 2.16. The Kier molecular flexibility index (Phi) is 5.23. The maximum Gasteiger partial charge on any atom is 0.206 e. The molecule has 1 saturated heterocycles. The van der Waals surface area contributed by atoms with Gasteiger partial charge in [-0.25, -0.2) is 4.39 Å². The Bertz CT molecular complexity index is 472. The molecular weight excluding hydrogens is 281 g/mol. The van der Waals surface area contributed by atoms with Gasteiger partial charge in [-0.3, -0.25) is 4.90 Å². The monoisotopic (exact) mass is 308 g/mol.